The van der Waals surface area contributed by atoms with Crippen molar-refractivity contribution in [1.82, 2.24) is 4.90 Å². The van der Waals surface area contributed by atoms with Gasteiger partial charge in [0.1, 0.15) is 0 Å². The summed E-state index contributed by atoms with van der Waals surface area (Å²) >= 11 is 4.04. The van der Waals surface area contributed by atoms with Crippen LogP contribution in [0.1, 0.15) is 33.1 Å². The number of carbonyl (C=O) groups excluding carboxylic acids is 1. The summed E-state index contributed by atoms with van der Waals surface area (Å²) in [4.78, 5) is 13.4. The van der Waals surface area contributed by atoms with Gasteiger partial charge in [0.05, 0.1) is 6.61 Å². The first-order valence-corrected chi connectivity index (χ1v) is 5.85. The Labute approximate surface area is 91.9 Å². The fraction of sp³-hybridized carbons (Fsp3) is 0.900. The number of hydrogen-bond acceptors (Lipinski definition) is 3. The molecule has 0 atom stereocenters. The van der Waals surface area contributed by atoms with E-state index in [4.69, 9.17) is 5.11 Å². The molecule has 0 aromatic rings. The van der Waals surface area contributed by atoms with Crippen LogP contribution in [0.3, 0.4) is 0 Å². The van der Waals surface area contributed by atoms with Gasteiger partial charge in [0.15, 0.2) is 0 Å². The molecule has 0 bridgehead atoms. The summed E-state index contributed by atoms with van der Waals surface area (Å²) in [6.45, 7) is 4.60. The van der Waals surface area contributed by atoms with E-state index in [1.807, 2.05) is 0 Å². The number of rotatable bonds is 7. The molecule has 0 heterocycles. The zero-order valence-electron chi connectivity index (χ0n) is 9.07. The molecule has 0 aliphatic carbocycles. The fourth-order valence-electron chi connectivity index (χ4n) is 1.59. The zero-order chi connectivity index (χ0) is 11.0. The summed E-state index contributed by atoms with van der Waals surface area (Å²) in [5.41, 5.74) is 0. The largest absolute Gasteiger partial charge is 0.395 e. The Kier molecular flexibility index (Phi) is 7.99. The number of thiol groups is 1. The molecule has 0 rings (SSSR count). The van der Waals surface area contributed by atoms with E-state index in [9.17, 15) is 4.79 Å². The second-order valence-electron chi connectivity index (χ2n) is 3.25. The van der Waals surface area contributed by atoms with E-state index in [0.717, 1.165) is 12.8 Å². The topological polar surface area (TPSA) is 40.5 Å². The molecular formula is C10H21NO2S. The van der Waals surface area contributed by atoms with E-state index >= 15 is 0 Å². The Balaban J connectivity index is 4.31. The van der Waals surface area contributed by atoms with Crippen molar-refractivity contribution in [3.05, 3.63) is 0 Å². The predicted molar refractivity (Wildman–Crippen MR) is 61.6 cm³/mol. The van der Waals surface area contributed by atoms with Crippen LogP contribution in [0.5, 0.6) is 0 Å². The minimum absolute atomic E-state index is 0.0365. The smallest absolute Gasteiger partial charge is 0.223 e. The van der Waals surface area contributed by atoms with Gasteiger partial charge in [0.25, 0.3) is 0 Å². The Bertz CT molecular complexity index is 160. The molecule has 0 unspecified atom stereocenters. The van der Waals surface area contributed by atoms with Gasteiger partial charge in [-0.3, -0.25) is 4.79 Å². The number of carbonyl (C=O) groups is 1. The maximum absolute atomic E-state index is 11.7. The highest BCUT2D eigenvalue weighted by Crippen LogP contribution is 2.10. The van der Waals surface area contributed by atoms with E-state index in [0.29, 0.717) is 18.7 Å². The maximum atomic E-state index is 11.7. The first kappa shape index (κ1) is 13.8. The highest BCUT2D eigenvalue weighted by molar-refractivity contribution is 7.80. The summed E-state index contributed by atoms with van der Waals surface area (Å²) in [6, 6.07) is 0.259. The van der Waals surface area contributed by atoms with E-state index in [-0.39, 0.29) is 18.6 Å². The molecule has 0 aliphatic rings. The number of aliphatic hydroxyl groups is 1. The number of nitrogens with zero attached hydrogens (tertiary/aromatic N) is 1. The van der Waals surface area contributed by atoms with E-state index < -0.39 is 0 Å². The lowest BCUT2D eigenvalue weighted by Crippen LogP contribution is -2.41. The van der Waals surface area contributed by atoms with Gasteiger partial charge in [-0.1, -0.05) is 13.8 Å². The number of amides is 1. The lowest BCUT2D eigenvalue weighted by Gasteiger charge is -2.29. The van der Waals surface area contributed by atoms with Crippen LogP contribution >= 0.6 is 12.6 Å². The van der Waals surface area contributed by atoms with Crippen molar-refractivity contribution < 1.29 is 9.90 Å². The molecule has 1 amide bonds. The fourth-order valence-corrected chi connectivity index (χ4v) is 1.78. The Morgan fingerprint density at radius 2 is 2.00 bits per heavy atom. The molecule has 0 saturated heterocycles. The molecule has 1 N–H and O–H groups in total. The molecule has 0 aliphatic heterocycles. The van der Waals surface area contributed by atoms with Crippen molar-refractivity contribution in [2.24, 2.45) is 0 Å². The first-order chi connectivity index (χ1) is 6.71. The van der Waals surface area contributed by atoms with Crippen molar-refractivity contribution in [3.63, 3.8) is 0 Å². The van der Waals surface area contributed by atoms with Gasteiger partial charge >= 0.3 is 0 Å². The van der Waals surface area contributed by atoms with Crippen LogP contribution in [0.2, 0.25) is 0 Å². The van der Waals surface area contributed by atoms with Gasteiger partial charge in [-0.05, 0) is 18.6 Å². The van der Waals surface area contributed by atoms with Crippen LogP contribution in [0.15, 0.2) is 0 Å². The van der Waals surface area contributed by atoms with Crippen molar-refractivity contribution >= 4 is 18.5 Å². The zero-order valence-corrected chi connectivity index (χ0v) is 9.96. The van der Waals surface area contributed by atoms with Gasteiger partial charge in [0, 0.05) is 19.0 Å². The van der Waals surface area contributed by atoms with Crippen molar-refractivity contribution in [3.8, 4) is 0 Å². The molecule has 3 nitrogen and oxygen atoms in total. The molecule has 14 heavy (non-hydrogen) atoms. The summed E-state index contributed by atoms with van der Waals surface area (Å²) in [5, 5.41) is 8.88. The van der Waals surface area contributed by atoms with Crippen LogP contribution in [0, 0.1) is 0 Å². The Morgan fingerprint density at radius 3 is 2.36 bits per heavy atom. The Hall–Kier alpha value is -0.220. The molecule has 0 radical (unpaired) electrons. The highest BCUT2D eigenvalue weighted by atomic mass is 32.1. The highest BCUT2D eigenvalue weighted by Gasteiger charge is 2.19. The van der Waals surface area contributed by atoms with E-state index in [1.54, 1.807) is 4.90 Å². The summed E-state index contributed by atoms with van der Waals surface area (Å²) in [6.07, 6.45) is 2.34. The molecule has 0 aromatic heterocycles. The standard InChI is InChI=1S/C10H21NO2S/c1-3-9(4-2)11(6-7-12)10(13)5-8-14/h9,12,14H,3-8H2,1-2H3. The van der Waals surface area contributed by atoms with Gasteiger partial charge in [0.2, 0.25) is 5.91 Å². The lowest BCUT2D eigenvalue weighted by molar-refractivity contribution is -0.133. The van der Waals surface area contributed by atoms with Crippen molar-refractivity contribution in [1.29, 1.82) is 0 Å². The second-order valence-corrected chi connectivity index (χ2v) is 3.70. The van der Waals surface area contributed by atoms with E-state index in [2.05, 4.69) is 26.5 Å². The molecule has 0 fully saturated rings. The maximum Gasteiger partial charge on any atom is 0.223 e. The number of aliphatic hydroxyl groups excluding tert-OH is 1. The molecule has 84 valence electrons. The summed E-state index contributed by atoms with van der Waals surface area (Å²) in [7, 11) is 0. The third kappa shape index (κ3) is 4.33. The quantitative estimate of drug-likeness (QED) is 0.634. The molecule has 0 spiro atoms. The van der Waals surface area contributed by atoms with Crippen molar-refractivity contribution in [2.75, 3.05) is 18.9 Å². The SMILES string of the molecule is CCC(CC)N(CCO)C(=O)CCS. The van der Waals surface area contributed by atoms with Gasteiger partial charge in [-0.15, -0.1) is 0 Å². The molecule has 0 saturated carbocycles. The Morgan fingerprint density at radius 1 is 1.43 bits per heavy atom. The van der Waals surface area contributed by atoms with Crippen LogP contribution < -0.4 is 0 Å². The minimum Gasteiger partial charge on any atom is -0.395 e. The van der Waals surface area contributed by atoms with Crippen LogP contribution in [0.25, 0.3) is 0 Å². The van der Waals surface area contributed by atoms with Gasteiger partial charge in [-0.2, -0.15) is 12.6 Å². The summed E-state index contributed by atoms with van der Waals surface area (Å²) < 4.78 is 0. The average molecular weight is 219 g/mol. The third-order valence-electron chi connectivity index (χ3n) is 2.37. The van der Waals surface area contributed by atoms with Gasteiger partial charge in [-0.25, -0.2) is 0 Å². The monoisotopic (exact) mass is 219 g/mol. The predicted octanol–water partition coefficient (Wildman–Crippen LogP) is 1.32. The molecule has 0 aromatic carbocycles. The minimum atomic E-state index is 0.0365. The summed E-state index contributed by atoms with van der Waals surface area (Å²) in [5.74, 6) is 0.670. The number of hydrogen-bond donors (Lipinski definition) is 2. The van der Waals surface area contributed by atoms with Gasteiger partial charge < -0.3 is 10.0 Å². The average Bonchev–Trinajstić information content (AvgIpc) is 2.18. The first-order valence-electron chi connectivity index (χ1n) is 5.22. The van der Waals surface area contributed by atoms with Crippen LogP contribution in [0.4, 0.5) is 0 Å². The molecular weight excluding hydrogens is 198 g/mol. The lowest BCUT2D eigenvalue weighted by atomic mass is 10.1. The molecule has 4 heteroatoms. The third-order valence-corrected chi connectivity index (χ3v) is 2.59. The van der Waals surface area contributed by atoms with Crippen molar-refractivity contribution in [2.45, 2.75) is 39.2 Å². The van der Waals surface area contributed by atoms with Crippen LogP contribution in [-0.4, -0.2) is 40.9 Å². The second kappa shape index (κ2) is 8.12. The van der Waals surface area contributed by atoms with E-state index in [1.165, 1.54) is 0 Å². The normalized spacial score (nSPS) is 10.6. The van der Waals surface area contributed by atoms with Crippen LogP contribution in [-0.2, 0) is 4.79 Å².